The molecule has 1 aromatic heterocycles. The molecule has 0 radical (unpaired) electrons. The summed E-state index contributed by atoms with van der Waals surface area (Å²) < 4.78 is 42.4. The maximum absolute atomic E-state index is 15.1. The molecular formula is C20H32F2N4O4. The van der Waals surface area contributed by atoms with Crippen LogP contribution in [0.4, 0.5) is 8.78 Å². The molecular weight excluding hydrogens is 398 g/mol. The number of alkyl halides is 2. The number of hydrogen-bond acceptors (Lipinski definition) is 6. The molecule has 10 heteroatoms. The van der Waals surface area contributed by atoms with E-state index in [1.165, 1.54) is 11.8 Å². The SMILES string of the molecule is CO[C@@H]1CCN(C(=O)CCC(=O)OC(C)(C)C)CC(F)(F)c2nnn(C(C)(C)C)c21. The predicted octanol–water partition coefficient (Wildman–Crippen LogP) is 3.17. The molecule has 0 aliphatic carbocycles. The van der Waals surface area contributed by atoms with Gasteiger partial charge in [-0.25, -0.2) is 4.68 Å². The van der Waals surface area contributed by atoms with Crippen molar-refractivity contribution in [3.8, 4) is 0 Å². The topological polar surface area (TPSA) is 86.6 Å². The van der Waals surface area contributed by atoms with Crippen molar-refractivity contribution in [1.82, 2.24) is 19.9 Å². The van der Waals surface area contributed by atoms with Gasteiger partial charge in [-0.05, 0) is 48.0 Å². The van der Waals surface area contributed by atoms with Gasteiger partial charge in [-0.2, -0.15) is 8.78 Å². The van der Waals surface area contributed by atoms with Crippen molar-refractivity contribution < 1.29 is 27.8 Å². The van der Waals surface area contributed by atoms with Crippen molar-refractivity contribution in [2.45, 2.75) is 84.0 Å². The maximum Gasteiger partial charge on any atom is 0.310 e. The molecule has 2 rings (SSSR count). The van der Waals surface area contributed by atoms with Crippen LogP contribution in [-0.2, 0) is 30.5 Å². The highest BCUT2D eigenvalue weighted by molar-refractivity contribution is 5.81. The Morgan fingerprint density at radius 2 is 1.80 bits per heavy atom. The van der Waals surface area contributed by atoms with Crippen molar-refractivity contribution in [2.24, 2.45) is 0 Å². The van der Waals surface area contributed by atoms with E-state index in [-0.39, 0.29) is 25.1 Å². The smallest absolute Gasteiger partial charge is 0.310 e. The summed E-state index contributed by atoms with van der Waals surface area (Å²) in [5.41, 5.74) is -1.48. The van der Waals surface area contributed by atoms with Crippen LogP contribution in [0.1, 0.15) is 78.3 Å². The number of fused-ring (bicyclic) bond motifs is 1. The Bertz CT molecular complexity index is 781. The van der Waals surface area contributed by atoms with E-state index in [2.05, 4.69) is 10.3 Å². The van der Waals surface area contributed by atoms with Gasteiger partial charge >= 0.3 is 11.9 Å². The van der Waals surface area contributed by atoms with E-state index in [0.717, 1.165) is 4.90 Å². The molecule has 30 heavy (non-hydrogen) atoms. The lowest BCUT2D eigenvalue weighted by Gasteiger charge is -2.33. The number of nitrogens with zero attached hydrogens (tertiary/aromatic N) is 4. The number of carbonyl (C=O) groups excluding carboxylic acids is 2. The van der Waals surface area contributed by atoms with Crippen LogP contribution in [0.2, 0.25) is 0 Å². The summed E-state index contributed by atoms with van der Waals surface area (Å²) in [5, 5.41) is 7.71. The molecule has 0 spiro atoms. The quantitative estimate of drug-likeness (QED) is 0.682. The molecule has 1 atom stereocenters. The molecule has 2 heterocycles. The van der Waals surface area contributed by atoms with Gasteiger partial charge in [0, 0.05) is 20.1 Å². The van der Waals surface area contributed by atoms with Gasteiger partial charge in [0.25, 0.3) is 0 Å². The molecule has 0 bridgehead atoms. The van der Waals surface area contributed by atoms with E-state index in [1.54, 1.807) is 20.8 Å². The summed E-state index contributed by atoms with van der Waals surface area (Å²) in [5.74, 6) is -4.49. The second-order valence-electron chi connectivity index (χ2n) is 9.53. The summed E-state index contributed by atoms with van der Waals surface area (Å²) in [7, 11) is 1.43. The van der Waals surface area contributed by atoms with Gasteiger partial charge in [0.2, 0.25) is 5.91 Å². The number of aromatic nitrogens is 3. The van der Waals surface area contributed by atoms with E-state index in [0.29, 0.717) is 6.42 Å². The zero-order chi connectivity index (χ0) is 22.9. The number of ether oxygens (including phenoxy) is 2. The fourth-order valence-electron chi connectivity index (χ4n) is 3.34. The van der Waals surface area contributed by atoms with Gasteiger partial charge in [0.05, 0.1) is 24.2 Å². The van der Waals surface area contributed by atoms with Gasteiger partial charge in [-0.1, -0.05) is 5.21 Å². The monoisotopic (exact) mass is 430 g/mol. The van der Waals surface area contributed by atoms with E-state index in [9.17, 15) is 9.59 Å². The summed E-state index contributed by atoms with van der Waals surface area (Å²) in [6.45, 7) is 9.94. The Kier molecular flexibility index (Phi) is 6.90. The van der Waals surface area contributed by atoms with Crippen LogP contribution in [0.5, 0.6) is 0 Å². The van der Waals surface area contributed by atoms with E-state index < -0.39 is 47.3 Å². The zero-order valence-corrected chi connectivity index (χ0v) is 18.8. The first-order valence-electron chi connectivity index (χ1n) is 10.0. The lowest BCUT2D eigenvalue weighted by molar-refractivity contribution is -0.157. The molecule has 1 aliphatic heterocycles. The number of esters is 1. The first-order chi connectivity index (χ1) is 13.7. The minimum absolute atomic E-state index is 0.0655. The highest BCUT2D eigenvalue weighted by atomic mass is 19.3. The number of rotatable bonds is 4. The van der Waals surface area contributed by atoms with E-state index in [1.807, 2.05) is 20.8 Å². The molecule has 0 aromatic carbocycles. The Morgan fingerprint density at radius 3 is 2.33 bits per heavy atom. The number of methoxy groups -OCH3 is 1. The van der Waals surface area contributed by atoms with Crippen molar-refractivity contribution in [3.63, 3.8) is 0 Å². The summed E-state index contributed by atoms with van der Waals surface area (Å²) in [6.07, 6.45) is -0.760. The molecule has 0 saturated heterocycles. The van der Waals surface area contributed by atoms with Gasteiger partial charge in [0.1, 0.15) is 11.7 Å². The molecule has 0 N–H and O–H groups in total. The lowest BCUT2D eigenvalue weighted by Crippen LogP contribution is -2.43. The molecule has 0 fully saturated rings. The van der Waals surface area contributed by atoms with Gasteiger partial charge in [-0.15, -0.1) is 5.10 Å². The van der Waals surface area contributed by atoms with Crippen LogP contribution in [0, 0.1) is 0 Å². The Labute approximate surface area is 175 Å². The fourth-order valence-corrected chi connectivity index (χ4v) is 3.34. The number of amides is 1. The van der Waals surface area contributed by atoms with Crippen molar-refractivity contribution in [2.75, 3.05) is 20.2 Å². The van der Waals surface area contributed by atoms with E-state index in [4.69, 9.17) is 9.47 Å². The third kappa shape index (κ3) is 5.74. The first-order valence-corrected chi connectivity index (χ1v) is 10.0. The van der Waals surface area contributed by atoms with Gasteiger partial charge < -0.3 is 14.4 Å². The standard InChI is InChI=1S/C20H32F2N4O4/c1-18(2,3)26-16-13(29-7)10-11-25(12-20(21,22)17(16)23-24-26)14(27)8-9-15(28)30-19(4,5)6/h13H,8-12H2,1-7H3/t13-/m1/s1. The summed E-state index contributed by atoms with van der Waals surface area (Å²) in [4.78, 5) is 25.5. The van der Waals surface area contributed by atoms with Crippen LogP contribution in [0.25, 0.3) is 0 Å². The summed E-state index contributed by atoms with van der Waals surface area (Å²) >= 11 is 0. The molecule has 1 aliphatic rings. The fraction of sp³-hybridized carbons (Fsp3) is 0.800. The molecule has 170 valence electrons. The average molecular weight is 430 g/mol. The van der Waals surface area contributed by atoms with Crippen molar-refractivity contribution >= 4 is 11.9 Å². The minimum atomic E-state index is -3.41. The average Bonchev–Trinajstić information content (AvgIpc) is 3.02. The number of hydrogen-bond donors (Lipinski definition) is 0. The van der Waals surface area contributed by atoms with Crippen molar-refractivity contribution in [1.29, 1.82) is 0 Å². The maximum atomic E-state index is 15.1. The summed E-state index contributed by atoms with van der Waals surface area (Å²) in [6, 6.07) is 0. The lowest BCUT2D eigenvalue weighted by atomic mass is 10.0. The predicted molar refractivity (Wildman–Crippen MR) is 105 cm³/mol. The van der Waals surface area contributed by atoms with Crippen LogP contribution in [0.15, 0.2) is 0 Å². The first kappa shape index (κ1) is 24.2. The number of carbonyl (C=O) groups is 2. The second-order valence-corrected chi connectivity index (χ2v) is 9.53. The zero-order valence-electron chi connectivity index (χ0n) is 18.8. The Balaban J connectivity index is 2.22. The Morgan fingerprint density at radius 1 is 1.17 bits per heavy atom. The Hall–Kier alpha value is -2.10. The number of halogens is 2. The van der Waals surface area contributed by atoms with Crippen LogP contribution in [0.3, 0.4) is 0 Å². The molecule has 0 saturated carbocycles. The normalized spacial score (nSPS) is 19.6. The van der Waals surface area contributed by atoms with Crippen LogP contribution < -0.4 is 0 Å². The minimum Gasteiger partial charge on any atom is -0.460 e. The molecule has 1 aromatic rings. The van der Waals surface area contributed by atoms with Crippen molar-refractivity contribution in [3.05, 3.63) is 11.4 Å². The van der Waals surface area contributed by atoms with Gasteiger partial charge in [0.15, 0.2) is 5.69 Å². The van der Waals surface area contributed by atoms with E-state index >= 15 is 8.78 Å². The van der Waals surface area contributed by atoms with Gasteiger partial charge in [-0.3, -0.25) is 9.59 Å². The second kappa shape index (κ2) is 8.56. The largest absolute Gasteiger partial charge is 0.460 e. The highest BCUT2D eigenvalue weighted by Gasteiger charge is 2.46. The third-order valence-corrected chi connectivity index (χ3v) is 4.64. The van der Waals surface area contributed by atoms with Crippen LogP contribution >= 0.6 is 0 Å². The molecule has 0 unspecified atom stereocenters. The molecule has 1 amide bonds. The molecule has 8 nitrogen and oxygen atoms in total. The van der Waals surface area contributed by atoms with Crippen LogP contribution in [-0.4, -0.2) is 57.6 Å². The highest BCUT2D eigenvalue weighted by Crippen LogP contribution is 2.38. The third-order valence-electron chi connectivity index (χ3n) is 4.64.